The van der Waals surface area contributed by atoms with Crippen LogP contribution in [0.4, 0.5) is 0 Å². The number of ether oxygens (including phenoxy) is 2. The molecule has 0 atom stereocenters. The van der Waals surface area contributed by atoms with Crippen LogP contribution < -0.4 is 4.74 Å². The molecule has 0 aromatic heterocycles. The second-order valence-electron chi connectivity index (χ2n) is 3.15. The summed E-state index contributed by atoms with van der Waals surface area (Å²) in [6.07, 6.45) is 0. The molecule has 0 radical (unpaired) electrons. The van der Waals surface area contributed by atoms with E-state index in [2.05, 4.69) is 0 Å². The highest BCUT2D eigenvalue weighted by Crippen LogP contribution is 2.28. The van der Waals surface area contributed by atoms with E-state index in [1.807, 2.05) is 6.07 Å². The lowest BCUT2D eigenvalue weighted by atomic mass is 10.0. The van der Waals surface area contributed by atoms with Gasteiger partial charge in [-0.1, -0.05) is 6.07 Å². The summed E-state index contributed by atoms with van der Waals surface area (Å²) in [6.45, 7) is 1.96. The number of hydrogen-bond donors (Lipinski definition) is 0. The lowest BCUT2D eigenvalue weighted by Gasteiger charge is -2.12. The van der Waals surface area contributed by atoms with Gasteiger partial charge in [0, 0.05) is 5.88 Å². The maximum atomic E-state index is 11.8. The molecule has 5 heteroatoms. The van der Waals surface area contributed by atoms with Gasteiger partial charge in [-0.25, -0.2) is 4.79 Å². The van der Waals surface area contributed by atoms with Crippen LogP contribution in [0.15, 0.2) is 12.1 Å². The average Bonchev–Trinajstić information content (AvgIpc) is 2.36. The van der Waals surface area contributed by atoms with Gasteiger partial charge >= 0.3 is 5.97 Å². The van der Waals surface area contributed by atoms with Crippen molar-refractivity contribution in [1.82, 2.24) is 0 Å². The molecule has 1 aromatic rings. The number of rotatable bonds is 4. The van der Waals surface area contributed by atoms with Crippen molar-refractivity contribution in [3.8, 4) is 11.8 Å². The van der Waals surface area contributed by atoms with E-state index in [4.69, 9.17) is 26.3 Å². The molecule has 0 unspecified atom stereocenters. The number of hydrogen-bond acceptors (Lipinski definition) is 4. The molecule has 0 amide bonds. The predicted octanol–water partition coefficient (Wildman–Crippen LogP) is 2.48. The Balaban J connectivity index is 3.41. The zero-order valence-corrected chi connectivity index (χ0v) is 10.4. The summed E-state index contributed by atoms with van der Waals surface area (Å²) in [6, 6.07) is 5.15. The Morgan fingerprint density at radius 1 is 1.53 bits per heavy atom. The third kappa shape index (κ3) is 2.69. The maximum absolute atomic E-state index is 11.8. The van der Waals surface area contributed by atoms with Crippen LogP contribution in [0.5, 0.6) is 5.75 Å². The summed E-state index contributed by atoms with van der Waals surface area (Å²) in [4.78, 5) is 11.8. The molecule has 0 aliphatic rings. The second kappa shape index (κ2) is 6.12. The SMILES string of the molecule is CCOC(=O)c1c(CCl)ccc(C#N)c1OC. The fourth-order valence-electron chi connectivity index (χ4n) is 1.46. The molecule has 4 nitrogen and oxygen atoms in total. The fourth-order valence-corrected chi connectivity index (χ4v) is 1.68. The quantitative estimate of drug-likeness (QED) is 0.611. The number of carbonyl (C=O) groups is 1. The van der Waals surface area contributed by atoms with Crippen LogP contribution in [-0.4, -0.2) is 19.7 Å². The van der Waals surface area contributed by atoms with Crippen LogP contribution in [0, 0.1) is 11.3 Å². The van der Waals surface area contributed by atoms with Crippen molar-refractivity contribution in [2.75, 3.05) is 13.7 Å². The van der Waals surface area contributed by atoms with Crippen molar-refractivity contribution < 1.29 is 14.3 Å². The molecule has 0 N–H and O–H groups in total. The minimum absolute atomic E-state index is 0.149. The van der Waals surface area contributed by atoms with Crippen LogP contribution >= 0.6 is 11.6 Å². The third-order valence-electron chi connectivity index (χ3n) is 2.19. The number of methoxy groups -OCH3 is 1. The largest absolute Gasteiger partial charge is 0.494 e. The summed E-state index contributed by atoms with van der Waals surface area (Å²) in [5.74, 6) is -0.169. The van der Waals surface area contributed by atoms with Gasteiger partial charge in [-0.3, -0.25) is 0 Å². The minimum atomic E-state index is -0.530. The summed E-state index contributed by atoms with van der Waals surface area (Å²) >= 11 is 5.75. The van der Waals surface area contributed by atoms with E-state index < -0.39 is 5.97 Å². The molecule has 0 aliphatic heterocycles. The van der Waals surface area contributed by atoms with Gasteiger partial charge in [0.1, 0.15) is 11.6 Å². The normalized spacial score (nSPS) is 9.53. The summed E-state index contributed by atoms with van der Waals surface area (Å²) in [5.41, 5.74) is 1.09. The zero-order valence-electron chi connectivity index (χ0n) is 9.62. The van der Waals surface area contributed by atoms with E-state index >= 15 is 0 Å². The van der Waals surface area contributed by atoms with Crippen molar-refractivity contribution in [1.29, 1.82) is 5.26 Å². The first-order valence-corrected chi connectivity index (χ1v) is 5.56. The third-order valence-corrected chi connectivity index (χ3v) is 2.48. The van der Waals surface area contributed by atoms with Crippen molar-refractivity contribution in [2.45, 2.75) is 12.8 Å². The van der Waals surface area contributed by atoms with Crippen LogP contribution in [0.1, 0.15) is 28.4 Å². The predicted molar refractivity (Wildman–Crippen MR) is 63.2 cm³/mol. The molecule has 0 bridgehead atoms. The minimum Gasteiger partial charge on any atom is -0.494 e. The molecule has 1 rings (SSSR count). The van der Waals surface area contributed by atoms with Crippen molar-refractivity contribution in [3.05, 3.63) is 28.8 Å². The van der Waals surface area contributed by atoms with E-state index in [-0.39, 0.29) is 29.4 Å². The highest BCUT2D eigenvalue weighted by Gasteiger charge is 2.21. The molecule has 0 saturated heterocycles. The maximum Gasteiger partial charge on any atom is 0.342 e. The van der Waals surface area contributed by atoms with Crippen LogP contribution in [0.2, 0.25) is 0 Å². The molecule has 0 heterocycles. The van der Waals surface area contributed by atoms with Crippen molar-refractivity contribution in [2.24, 2.45) is 0 Å². The Kier molecular flexibility index (Phi) is 4.80. The van der Waals surface area contributed by atoms with Gasteiger partial charge < -0.3 is 9.47 Å². The molecular formula is C12H12ClNO3. The molecule has 0 spiro atoms. The van der Waals surface area contributed by atoms with Gasteiger partial charge in [0.2, 0.25) is 0 Å². The molecule has 90 valence electrons. The monoisotopic (exact) mass is 253 g/mol. The number of halogens is 1. The number of esters is 1. The van der Waals surface area contributed by atoms with E-state index in [0.29, 0.717) is 5.56 Å². The van der Waals surface area contributed by atoms with Crippen LogP contribution in [0.25, 0.3) is 0 Å². The Hall–Kier alpha value is -1.73. The molecule has 17 heavy (non-hydrogen) atoms. The Morgan fingerprint density at radius 3 is 2.71 bits per heavy atom. The molecular weight excluding hydrogens is 242 g/mol. The molecule has 0 saturated carbocycles. The first kappa shape index (κ1) is 13.3. The Bertz CT molecular complexity index is 466. The van der Waals surface area contributed by atoms with Gasteiger partial charge in [-0.15, -0.1) is 11.6 Å². The fraction of sp³-hybridized carbons (Fsp3) is 0.333. The van der Waals surface area contributed by atoms with Crippen molar-refractivity contribution in [3.63, 3.8) is 0 Å². The molecule has 0 fully saturated rings. The highest BCUT2D eigenvalue weighted by atomic mass is 35.5. The van der Waals surface area contributed by atoms with Crippen molar-refractivity contribution >= 4 is 17.6 Å². The lowest BCUT2D eigenvalue weighted by Crippen LogP contribution is -2.10. The Morgan fingerprint density at radius 2 is 2.24 bits per heavy atom. The van der Waals surface area contributed by atoms with Crippen LogP contribution in [0.3, 0.4) is 0 Å². The van der Waals surface area contributed by atoms with Gasteiger partial charge in [0.25, 0.3) is 0 Å². The molecule has 0 aliphatic carbocycles. The van der Waals surface area contributed by atoms with Gasteiger partial charge in [-0.05, 0) is 18.6 Å². The topological polar surface area (TPSA) is 59.3 Å². The van der Waals surface area contributed by atoms with E-state index in [1.165, 1.54) is 7.11 Å². The average molecular weight is 254 g/mol. The zero-order chi connectivity index (χ0) is 12.8. The second-order valence-corrected chi connectivity index (χ2v) is 3.41. The van der Waals surface area contributed by atoms with Gasteiger partial charge in [0.15, 0.2) is 5.75 Å². The van der Waals surface area contributed by atoms with Gasteiger partial charge in [0.05, 0.1) is 19.3 Å². The summed E-state index contributed by atoms with van der Waals surface area (Å²) in [7, 11) is 1.40. The van der Waals surface area contributed by atoms with E-state index in [1.54, 1.807) is 19.1 Å². The van der Waals surface area contributed by atoms with Gasteiger partial charge in [-0.2, -0.15) is 5.26 Å². The summed E-state index contributed by atoms with van der Waals surface area (Å²) < 4.78 is 10.0. The van der Waals surface area contributed by atoms with E-state index in [9.17, 15) is 4.79 Å². The number of nitriles is 1. The first-order valence-electron chi connectivity index (χ1n) is 5.02. The first-order chi connectivity index (χ1) is 8.19. The van der Waals surface area contributed by atoms with E-state index in [0.717, 1.165) is 0 Å². The number of carbonyl (C=O) groups excluding carboxylic acids is 1. The summed E-state index contributed by atoms with van der Waals surface area (Å²) in [5, 5.41) is 8.93. The Labute approximate surface area is 105 Å². The number of benzene rings is 1. The lowest BCUT2D eigenvalue weighted by molar-refractivity contribution is 0.0521. The highest BCUT2D eigenvalue weighted by molar-refractivity contribution is 6.17. The standard InChI is InChI=1S/C12H12ClNO3/c1-3-17-12(15)10-8(6-13)4-5-9(7-14)11(10)16-2/h4-5H,3,6H2,1-2H3. The number of nitrogens with zero attached hydrogens (tertiary/aromatic N) is 1. The number of alkyl halides is 1. The molecule has 1 aromatic carbocycles. The smallest absolute Gasteiger partial charge is 0.342 e. The van der Waals surface area contributed by atoms with Crippen LogP contribution in [-0.2, 0) is 10.6 Å².